The number of ether oxygens (including phenoxy) is 1. The van der Waals surface area contributed by atoms with Crippen LogP contribution in [-0.2, 0) is 14.4 Å². The lowest BCUT2D eigenvalue weighted by Gasteiger charge is -2.25. The Balaban J connectivity index is 1.40. The molecule has 5 rings (SSSR count). The molecule has 37 heavy (non-hydrogen) atoms. The number of hydrogen-bond donors (Lipinski definition) is 0. The monoisotopic (exact) mass is 504 g/mol. The van der Waals surface area contributed by atoms with Crippen LogP contribution < -0.4 is 0 Å². The zero-order valence-electron chi connectivity index (χ0n) is 21.6. The van der Waals surface area contributed by atoms with Gasteiger partial charge in [-0.1, -0.05) is 55.8 Å². The molecular formula is C30H36N2O5. The first-order valence-electron chi connectivity index (χ1n) is 13.7. The minimum Gasteiger partial charge on any atom is -0.384 e. The number of hydrogen-bond acceptors (Lipinski definition) is 6. The van der Waals surface area contributed by atoms with Crippen LogP contribution in [0.25, 0.3) is 11.1 Å². The van der Waals surface area contributed by atoms with E-state index < -0.39 is 0 Å². The Hall–Kier alpha value is -3.06. The largest absolute Gasteiger partial charge is 0.384 e. The maximum Gasteiger partial charge on any atom is 0.335 e. The average Bonchev–Trinajstić information content (AvgIpc) is 3.18. The number of fused-ring (bicyclic) bond motifs is 3. The summed E-state index contributed by atoms with van der Waals surface area (Å²) in [6, 6.07) is 11.3. The van der Waals surface area contributed by atoms with E-state index in [1.807, 2.05) is 12.1 Å². The molecule has 2 fully saturated rings. The zero-order valence-corrected chi connectivity index (χ0v) is 21.6. The third-order valence-electron chi connectivity index (χ3n) is 8.46. The molecule has 0 bridgehead atoms. The Bertz CT molecular complexity index is 1180. The Morgan fingerprint density at radius 3 is 2.35 bits per heavy atom. The Labute approximate surface area is 218 Å². The SMILES string of the molecule is COCC1c2cc(/C(CCC3CCC3)=N\OC(=O)CC3CCCCC3)ccc2-c2ccc([N+](=O)[O-])cc21. The van der Waals surface area contributed by atoms with E-state index in [1.54, 1.807) is 19.2 Å². The summed E-state index contributed by atoms with van der Waals surface area (Å²) in [4.78, 5) is 29.2. The van der Waals surface area contributed by atoms with E-state index in [9.17, 15) is 14.9 Å². The molecule has 2 aromatic carbocycles. The maximum absolute atomic E-state index is 12.6. The lowest BCUT2D eigenvalue weighted by Crippen LogP contribution is -2.16. The number of oxime groups is 1. The summed E-state index contributed by atoms with van der Waals surface area (Å²) in [6.07, 6.45) is 11.9. The highest BCUT2D eigenvalue weighted by atomic mass is 16.7. The van der Waals surface area contributed by atoms with E-state index in [4.69, 9.17) is 9.57 Å². The first-order chi connectivity index (χ1) is 18.0. The Kier molecular flexibility index (Phi) is 7.99. The standard InChI is InChI=1S/C30H36N2O5/c1-36-19-28-26-17-22(11-13-24(26)25-14-12-23(32(34)35)18-27(25)28)29(15-10-20-8-5-9-20)31-37-30(33)16-21-6-3-2-4-7-21/h11-14,17-18,20-21,28H,2-10,15-16,19H2,1H3/b31-29-. The van der Waals surface area contributed by atoms with Gasteiger partial charge >= 0.3 is 5.97 Å². The van der Waals surface area contributed by atoms with E-state index in [0.717, 1.165) is 59.2 Å². The van der Waals surface area contributed by atoms with Crippen LogP contribution in [0.4, 0.5) is 5.69 Å². The third kappa shape index (κ3) is 5.77. The second-order valence-electron chi connectivity index (χ2n) is 10.9. The molecule has 0 N–H and O–H groups in total. The van der Waals surface area contributed by atoms with Crippen LogP contribution >= 0.6 is 0 Å². The number of rotatable bonds is 10. The van der Waals surface area contributed by atoms with Crippen LogP contribution in [-0.4, -0.2) is 30.3 Å². The molecule has 1 atom stereocenters. The molecule has 2 saturated carbocycles. The number of non-ortho nitro benzene ring substituents is 1. The number of carbonyl (C=O) groups excluding carboxylic acids is 1. The predicted molar refractivity (Wildman–Crippen MR) is 143 cm³/mol. The summed E-state index contributed by atoms with van der Waals surface area (Å²) in [5.74, 6) is 0.776. The Morgan fingerprint density at radius 1 is 0.973 bits per heavy atom. The molecule has 7 nitrogen and oxygen atoms in total. The molecular weight excluding hydrogens is 468 g/mol. The molecule has 3 aliphatic rings. The van der Waals surface area contributed by atoms with Gasteiger partial charge in [-0.2, -0.15) is 0 Å². The summed E-state index contributed by atoms with van der Waals surface area (Å²) in [5.41, 5.74) is 5.86. The van der Waals surface area contributed by atoms with Gasteiger partial charge in [0, 0.05) is 25.2 Å². The van der Waals surface area contributed by atoms with Gasteiger partial charge in [-0.25, -0.2) is 4.79 Å². The summed E-state index contributed by atoms with van der Waals surface area (Å²) >= 11 is 0. The highest BCUT2D eigenvalue weighted by Crippen LogP contribution is 2.46. The molecule has 1 unspecified atom stereocenters. The van der Waals surface area contributed by atoms with E-state index in [-0.39, 0.29) is 22.5 Å². The summed E-state index contributed by atoms with van der Waals surface area (Å²) in [7, 11) is 1.65. The van der Waals surface area contributed by atoms with Gasteiger partial charge in [0.15, 0.2) is 0 Å². The topological polar surface area (TPSA) is 91.0 Å². The summed E-state index contributed by atoms with van der Waals surface area (Å²) in [6.45, 7) is 0.426. The predicted octanol–water partition coefficient (Wildman–Crippen LogP) is 7.15. The molecule has 2 aromatic rings. The fourth-order valence-electron chi connectivity index (χ4n) is 6.12. The van der Waals surface area contributed by atoms with Gasteiger partial charge in [0.25, 0.3) is 5.69 Å². The molecule has 0 aromatic heterocycles. The van der Waals surface area contributed by atoms with Gasteiger partial charge in [0.2, 0.25) is 0 Å². The molecule has 196 valence electrons. The fraction of sp³-hybridized carbons (Fsp3) is 0.533. The van der Waals surface area contributed by atoms with E-state index >= 15 is 0 Å². The average molecular weight is 505 g/mol. The highest BCUT2D eigenvalue weighted by molar-refractivity contribution is 6.01. The number of benzene rings is 2. The van der Waals surface area contributed by atoms with E-state index in [1.165, 1.54) is 38.5 Å². The van der Waals surface area contributed by atoms with Crippen LogP contribution in [0.2, 0.25) is 0 Å². The lowest BCUT2D eigenvalue weighted by atomic mass is 9.81. The highest BCUT2D eigenvalue weighted by Gasteiger charge is 2.31. The van der Waals surface area contributed by atoms with Gasteiger partial charge in [-0.3, -0.25) is 10.1 Å². The fourth-order valence-corrected chi connectivity index (χ4v) is 6.12. The second-order valence-corrected chi connectivity index (χ2v) is 10.9. The van der Waals surface area contributed by atoms with Crippen LogP contribution in [0.5, 0.6) is 0 Å². The van der Waals surface area contributed by atoms with Gasteiger partial charge in [-0.05, 0) is 77.5 Å². The number of nitro groups is 1. The van der Waals surface area contributed by atoms with Crippen molar-refractivity contribution in [3.8, 4) is 11.1 Å². The van der Waals surface area contributed by atoms with Crippen LogP contribution in [0.15, 0.2) is 41.6 Å². The summed E-state index contributed by atoms with van der Waals surface area (Å²) < 4.78 is 5.52. The molecule has 7 heteroatoms. The van der Waals surface area contributed by atoms with Gasteiger partial charge in [0.05, 0.1) is 23.7 Å². The summed E-state index contributed by atoms with van der Waals surface area (Å²) in [5, 5.41) is 15.8. The number of carbonyl (C=O) groups is 1. The van der Waals surface area contributed by atoms with Gasteiger partial charge in [0.1, 0.15) is 0 Å². The second kappa shape index (κ2) is 11.5. The van der Waals surface area contributed by atoms with Crippen molar-refractivity contribution in [3.05, 3.63) is 63.2 Å². The maximum atomic E-state index is 12.6. The molecule has 0 radical (unpaired) electrons. The van der Waals surface area contributed by atoms with Crippen molar-refractivity contribution in [3.63, 3.8) is 0 Å². The number of nitro benzene ring substituents is 1. The van der Waals surface area contributed by atoms with Gasteiger partial charge < -0.3 is 9.57 Å². The number of nitrogens with zero attached hydrogens (tertiary/aromatic N) is 2. The van der Waals surface area contributed by atoms with Crippen molar-refractivity contribution in [1.29, 1.82) is 0 Å². The molecule has 0 heterocycles. The van der Waals surface area contributed by atoms with E-state index in [2.05, 4.69) is 17.3 Å². The first kappa shape index (κ1) is 25.6. The molecule has 3 aliphatic carbocycles. The van der Waals surface area contributed by atoms with Crippen molar-refractivity contribution < 1.29 is 19.3 Å². The van der Waals surface area contributed by atoms with Gasteiger partial charge in [-0.15, -0.1) is 0 Å². The van der Waals surface area contributed by atoms with Crippen molar-refractivity contribution in [2.45, 2.75) is 76.5 Å². The zero-order chi connectivity index (χ0) is 25.8. The third-order valence-corrected chi connectivity index (χ3v) is 8.46. The molecule has 0 spiro atoms. The quantitative estimate of drug-likeness (QED) is 0.148. The minimum atomic E-state index is -0.356. The van der Waals surface area contributed by atoms with Crippen LogP contribution in [0.3, 0.4) is 0 Å². The van der Waals surface area contributed by atoms with Crippen molar-refractivity contribution in [2.24, 2.45) is 17.0 Å². The smallest absolute Gasteiger partial charge is 0.335 e. The Morgan fingerprint density at radius 2 is 1.68 bits per heavy atom. The normalized spacial score (nSPS) is 19.7. The lowest BCUT2D eigenvalue weighted by molar-refractivity contribution is -0.384. The van der Waals surface area contributed by atoms with Crippen molar-refractivity contribution in [2.75, 3.05) is 13.7 Å². The molecule has 0 amide bonds. The minimum absolute atomic E-state index is 0.0838. The first-order valence-corrected chi connectivity index (χ1v) is 13.7. The number of methoxy groups -OCH3 is 1. The van der Waals surface area contributed by atoms with Crippen molar-refractivity contribution in [1.82, 2.24) is 0 Å². The van der Waals surface area contributed by atoms with Crippen LogP contribution in [0.1, 0.15) is 93.2 Å². The molecule has 0 aliphatic heterocycles. The van der Waals surface area contributed by atoms with E-state index in [0.29, 0.717) is 24.9 Å². The van der Waals surface area contributed by atoms with Crippen molar-refractivity contribution >= 4 is 17.4 Å². The van der Waals surface area contributed by atoms with Crippen LogP contribution in [0, 0.1) is 22.0 Å². The molecule has 0 saturated heterocycles.